The molecule has 1 heterocycles. The average Bonchev–Trinajstić information content (AvgIpc) is 3.27. The van der Waals surface area contributed by atoms with E-state index in [1.807, 2.05) is 6.92 Å². The highest BCUT2D eigenvalue weighted by Crippen LogP contribution is 2.12. The predicted octanol–water partition coefficient (Wildman–Crippen LogP) is -1.94. The van der Waals surface area contributed by atoms with Gasteiger partial charge in [0.1, 0.15) is 18.1 Å². The molecule has 0 aromatic rings. The van der Waals surface area contributed by atoms with Gasteiger partial charge in [0.15, 0.2) is 0 Å². The van der Waals surface area contributed by atoms with E-state index in [0.29, 0.717) is 19.4 Å². The summed E-state index contributed by atoms with van der Waals surface area (Å²) in [7, 11) is 0. The zero-order chi connectivity index (χ0) is 25.1. The van der Waals surface area contributed by atoms with Gasteiger partial charge in [0.2, 0.25) is 23.6 Å². The van der Waals surface area contributed by atoms with Crippen LogP contribution in [0, 0.1) is 5.92 Å². The quantitative estimate of drug-likeness (QED) is 0.150. The normalized spacial score (nSPS) is 18.9. The number of carbonyl (C=O) groups is 6. The van der Waals surface area contributed by atoms with E-state index < -0.39 is 60.2 Å². The maximum absolute atomic E-state index is 12.9. The Balaban J connectivity index is 2.95. The topological polar surface area (TPSA) is 217 Å². The van der Waals surface area contributed by atoms with Crippen molar-refractivity contribution in [2.24, 2.45) is 11.7 Å². The molecule has 0 aliphatic carbocycles. The van der Waals surface area contributed by atoms with Crippen molar-refractivity contribution in [3.63, 3.8) is 0 Å². The van der Waals surface area contributed by atoms with Crippen LogP contribution in [-0.2, 0) is 28.8 Å². The predicted molar refractivity (Wildman–Crippen MR) is 115 cm³/mol. The number of hydrogen-bond donors (Lipinski definition) is 7. The summed E-state index contributed by atoms with van der Waals surface area (Å²) in [5.74, 6) is -6.13. The minimum absolute atomic E-state index is 0.302. The molecule has 33 heavy (non-hydrogen) atoms. The fraction of sp³-hybridized carbons (Fsp3) is 0.700. The van der Waals surface area contributed by atoms with Crippen LogP contribution in [0.25, 0.3) is 0 Å². The highest BCUT2D eigenvalue weighted by molar-refractivity contribution is 5.95. The molecule has 8 N–H and O–H groups in total. The van der Waals surface area contributed by atoms with Crippen LogP contribution in [0.2, 0.25) is 0 Å². The largest absolute Gasteiger partial charge is 0.481 e. The Bertz CT molecular complexity index is 753. The molecule has 5 atom stereocenters. The lowest BCUT2D eigenvalue weighted by Crippen LogP contribution is -2.59. The van der Waals surface area contributed by atoms with Crippen molar-refractivity contribution >= 4 is 35.6 Å². The Morgan fingerprint density at radius 2 is 1.67 bits per heavy atom. The lowest BCUT2D eigenvalue weighted by Gasteiger charge is -2.27. The zero-order valence-corrected chi connectivity index (χ0v) is 18.8. The minimum Gasteiger partial charge on any atom is -0.481 e. The third-order valence-electron chi connectivity index (χ3n) is 5.48. The molecule has 0 radical (unpaired) electrons. The summed E-state index contributed by atoms with van der Waals surface area (Å²) in [6.45, 7) is 4.21. The Hall–Kier alpha value is -3.22. The molecule has 0 saturated carbocycles. The van der Waals surface area contributed by atoms with Crippen molar-refractivity contribution in [3.05, 3.63) is 0 Å². The fourth-order valence-electron chi connectivity index (χ4n) is 3.33. The van der Waals surface area contributed by atoms with Gasteiger partial charge >= 0.3 is 11.9 Å². The van der Waals surface area contributed by atoms with Crippen molar-refractivity contribution < 1.29 is 39.0 Å². The molecule has 1 aliphatic rings. The summed E-state index contributed by atoms with van der Waals surface area (Å²) in [6, 6.07) is -4.57. The Labute approximate surface area is 191 Å². The summed E-state index contributed by atoms with van der Waals surface area (Å²) in [6.07, 6.45) is 0.520. The second-order valence-electron chi connectivity index (χ2n) is 8.08. The molecular formula is C20H33N5O8. The molecule has 4 amide bonds. The standard InChI is InChI=1S/C20H33N5O8/c1-3-10(2)16(25-17(29)11-5-4-8-22-11)19(31)24-13(9-15(27)28)18(30)23-12(20(32)33)6-7-14(21)26/h10-13,16,22H,3-9H2,1-2H3,(H2,21,26)(H,23,30)(H,24,31)(H,25,29)(H,27,28)(H,32,33). The van der Waals surface area contributed by atoms with E-state index in [4.69, 9.17) is 10.8 Å². The summed E-state index contributed by atoms with van der Waals surface area (Å²) < 4.78 is 0. The number of carbonyl (C=O) groups excluding carboxylic acids is 4. The van der Waals surface area contributed by atoms with Crippen LogP contribution in [0.5, 0.6) is 0 Å². The maximum atomic E-state index is 12.9. The van der Waals surface area contributed by atoms with Crippen LogP contribution in [0.15, 0.2) is 0 Å². The Kier molecular flexibility index (Phi) is 11.3. The van der Waals surface area contributed by atoms with E-state index in [9.17, 15) is 33.9 Å². The van der Waals surface area contributed by atoms with Gasteiger partial charge in [-0.1, -0.05) is 20.3 Å². The van der Waals surface area contributed by atoms with E-state index >= 15 is 0 Å². The lowest BCUT2D eigenvalue weighted by atomic mass is 9.97. The molecule has 0 bridgehead atoms. The van der Waals surface area contributed by atoms with Crippen LogP contribution >= 0.6 is 0 Å². The van der Waals surface area contributed by atoms with Gasteiger partial charge in [-0.25, -0.2) is 4.79 Å². The molecule has 0 spiro atoms. The Morgan fingerprint density at radius 1 is 1.03 bits per heavy atom. The fourth-order valence-corrected chi connectivity index (χ4v) is 3.33. The van der Waals surface area contributed by atoms with Gasteiger partial charge in [-0.15, -0.1) is 0 Å². The number of nitrogens with one attached hydrogen (secondary N) is 4. The third kappa shape index (κ3) is 9.43. The maximum Gasteiger partial charge on any atom is 0.326 e. The van der Waals surface area contributed by atoms with Crippen molar-refractivity contribution in [2.75, 3.05) is 6.54 Å². The van der Waals surface area contributed by atoms with Crippen molar-refractivity contribution in [1.29, 1.82) is 0 Å². The van der Waals surface area contributed by atoms with Gasteiger partial charge in [-0.3, -0.25) is 24.0 Å². The number of carboxylic acids is 2. The van der Waals surface area contributed by atoms with Crippen LogP contribution in [0.1, 0.15) is 52.4 Å². The van der Waals surface area contributed by atoms with E-state index in [2.05, 4.69) is 21.3 Å². The molecule has 186 valence electrons. The van der Waals surface area contributed by atoms with Crippen molar-refractivity contribution in [3.8, 4) is 0 Å². The van der Waals surface area contributed by atoms with Crippen molar-refractivity contribution in [1.82, 2.24) is 21.3 Å². The van der Waals surface area contributed by atoms with Gasteiger partial charge < -0.3 is 37.2 Å². The van der Waals surface area contributed by atoms with Gasteiger partial charge in [0.25, 0.3) is 0 Å². The molecule has 1 fully saturated rings. The third-order valence-corrected chi connectivity index (χ3v) is 5.48. The van der Waals surface area contributed by atoms with Crippen LogP contribution < -0.4 is 27.0 Å². The molecule has 0 aromatic carbocycles. The van der Waals surface area contributed by atoms with E-state index in [1.165, 1.54) is 0 Å². The van der Waals surface area contributed by atoms with Gasteiger partial charge in [0.05, 0.1) is 12.5 Å². The van der Waals surface area contributed by atoms with Crippen LogP contribution in [0.4, 0.5) is 0 Å². The number of amides is 4. The number of primary amides is 1. The molecule has 1 saturated heterocycles. The highest BCUT2D eigenvalue weighted by Gasteiger charge is 2.34. The first-order valence-electron chi connectivity index (χ1n) is 10.8. The van der Waals surface area contributed by atoms with Gasteiger partial charge in [-0.05, 0) is 31.7 Å². The smallest absolute Gasteiger partial charge is 0.326 e. The van der Waals surface area contributed by atoms with E-state index in [1.54, 1.807) is 6.92 Å². The van der Waals surface area contributed by atoms with Crippen LogP contribution in [0.3, 0.4) is 0 Å². The lowest BCUT2D eigenvalue weighted by molar-refractivity contribution is -0.144. The summed E-state index contributed by atoms with van der Waals surface area (Å²) >= 11 is 0. The summed E-state index contributed by atoms with van der Waals surface area (Å²) in [5.41, 5.74) is 5.00. The number of aliphatic carboxylic acids is 2. The van der Waals surface area contributed by atoms with E-state index in [0.717, 1.165) is 6.42 Å². The molecule has 13 nitrogen and oxygen atoms in total. The average molecular weight is 472 g/mol. The number of nitrogens with two attached hydrogens (primary N) is 1. The zero-order valence-electron chi connectivity index (χ0n) is 18.8. The van der Waals surface area contributed by atoms with Crippen LogP contribution in [-0.4, -0.2) is 76.5 Å². The highest BCUT2D eigenvalue weighted by atomic mass is 16.4. The SMILES string of the molecule is CCC(C)C(NC(=O)C1CCCN1)C(=O)NC(CC(=O)O)C(=O)NC(CCC(N)=O)C(=O)O. The molecule has 5 unspecified atom stereocenters. The second-order valence-corrected chi connectivity index (χ2v) is 8.08. The number of hydrogen-bond acceptors (Lipinski definition) is 7. The van der Waals surface area contributed by atoms with Crippen molar-refractivity contribution in [2.45, 2.75) is 76.5 Å². The number of rotatable bonds is 14. The molecule has 0 aromatic heterocycles. The van der Waals surface area contributed by atoms with E-state index in [-0.39, 0.29) is 24.7 Å². The molecule has 1 aliphatic heterocycles. The Morgan fingerprint density at radius 3 is 2.15 bits per heavy atom. The first-order valence-corrected chi connectivity index (χ1v) is 10.8. The monoisotopic (exact) mass is 471 g/mol. The summed E-state index contributed by atoms with van der Waals surface area (Å²) in [4.78, 5) is 71.6. The number of carboxylic acid groups (broad SMARTS) is 2. The minimum atomic E-state index is -1.60. The van der Waals surface area contributed by atoms with Gasteiger partial charge in [-0.2, -0.15) is 0 Å². The molecule has 13 heteroatoms. The summed E-state index contributed by atoms with van der Waals surface area (Å²) in [5, 5.41) is 28.5. The van der Waals surface area contributed by atoms with Gasteiger partial charge in [0, 0.05) is 6.42 Å². The molecular weight excluding hydrogens is 438 g/mol. The first kappa shape index (κ1) is 27.8. The second kappa shape index (κ2) is 13.4. The first-order chi connectivity index (χ1) is 15.5. The molecule has 1 rings (SSSR count).